The molecule has 7 nitrogen and oxygen atoms in total. The second-order valence-electron chi connectivity index (χ2n) is 7.59. The van der Waals surface area contributed by atoms with Gasteiger partial charge in [-0.1, -0.05) is 30.3 Å². The van der Waals surface area contributed by atoms with Crippen molar-refractivity contribution in [2.24, 2.45) is 0 Å². The second kappa shape index (κ2) is 9.45. The van der Waals surface area contributed by atoms with Crippen LogP contribution in [-0.2, 0) is 21.4 Å². The van der Waals surface area contributed by atoms with E-state index in [1.165, 1.54) is 0 Å². The predicted molar refractivity (Wildman–Crippen MR) is 121 cm³/mol. The normalized spacial score (nSPS) is 11.5. The third kappa shape index (κ3) is 5.39. The number of carbonyl (C=O) groups excluding carboxylic acids is 1. The fourth-order valence-electron chi connectivity index (χ4n) is 3.40. The number of carbonyl (C=O) groups is 1. The standard InChI is InChI=1S/C23H28N4O3S/c1-16-10-11-17(2)22(14-16)31(29,30)25-13-12-23(28)24-15-21-18(3)26-27(19(21)4)20-8-6-5-7-9-20/h5-11,14,25H,12-13,15H2,1-4H3,(H,24,28). The quantitative estimate of drug-likeness (QED) is 0.563. The van der Waals surface area contributed by atoms with Gasteiger partial charge in [-0.2, -0.15) is 5.10 Å². The van der Waals surface area contributed by atoms with Crippen molar-refractivity contribution in [3.8, 4) is 5.69 Å². The van der Waals surface area contributed by atoms with Crippen LogP contribution in [0.5, 0.6) is 0 Å². The van der Waals surface area contributed by atoms with E-state index < -0.39 is 10.0 Å². The molecule has 0 atom stereocenters. The third-order valence-corrected chi connectivity index (χ3v) is 6.78. The Balaban J connectivity index is 1.57. The molecule has 31 heavy (non-hydrogen) atoms. The number of sulfonamides is 1. The van der Waals surface area contributed by atoms with Gasteiger partial charge in [0, 0.05) is 30.8 Å². The van der Waals surface area contributed by atoms with Gasteiger partial charge in [-0.25, -0.2) is 17.8 Å². The molecule has 1 aromatic heterocycles. The summed E-state index contributed by atoms with van der Waals surface area (Å²) in [5, 5.41) is 7.44. The molecule has 1 heterocycles. The molecule has 0 bridgehead atoms. The fraction of sp³-hybridized carbons (Fsp3) is 0.304. The lowest BCUT2D eigenvalue weighted by molar-refractivity contribution is -0.121. The Labute approximate surface area is 183 Å². The first-order valence-corrected chi connectivity index (χ1v) is 11.6. The largest absolute Gasteiger partial charge is 0.352 e. The van der Waals surface area contributed by atoms with E-state index in [4.69, 9.17) is 0 Å². The van der Waals surface area contributed by atoms with E-state index in [1.807, 2.05) is 61.9 Å². The molecule has 0 aliphatic rings. The maximum atomic E-state index is 12.5. The molecule has 0 saturated carbocycles. The minimum Gasteiger partial charge on any atom is -0.352 e. The Hall–Kier alpha value is -2.97. The summed E-state index contributed by atoms with van der Waals surface area (Å²) in [5.41, 5.74) is 5.25. The van der Waals surface area contributed by atoms with Crippen molar-refractivity contribution in [1.29, 1.82) is 0 Å². The monoisotopic (exact) mass is 440 g/mol. The van der Waals surface area contributed by atoms with Gasteiger partial charge < -0.3 is 5.32 Å². The van der Waals surface area contributed by atoms with Gasteiger partial charge in [0.1, 0.15) is 0 Å². The van der Waals surface area contributed by atoms with Crippen LogP contribution in [0.1, 0.15) is 34.5 Å². The van der Waals surface area contributed by atoms with E-state index in [9.17, 15) is 13.2 Å². The zero-order valence-electron chi connectivity index (χ0n) is 18.3. The van der Waals surface area contributed by atoms with Crippen LogP contribution in [-0.4, -0.2) is 30.7 Å². The topological polar surface area (TPSA) is 93.1 Å². The van der Waals surface area contributed by atoms with Gasteiger partial charge in [-0.3, -0.25) is 4.79 Å². The van der Waals surface area contributed by atoms with Crippen LogP contribution >= 0.6 is 0 Å². The van der Waals surface area contributed by atoms with Crippen molar-refractivity contribution in [1.82, 2.24) is 19.8 Å². The molecule has 2 N–H and O–H groups in total. The number of nitrogens with zero attached hydrogens (tertiary/aromatic N) is 2. The number of hydrogen-bond acceptors (Lipinski definition) is 4. The van der Waals surface area contributed by atoms with Gasteiger partial charge in [-0.05, 0) is 57.0 Å². The smallest absolute Gasteiger partial charge is 0.240 e. The number of aryl methyl sites for hydroxylation is 3. The fourth-order valence-corrected chi connectivity index (χ4v) is 4.76. The van der Waals surface area contributed by atoms with Crippen LogP contribution in [0.15, 0.2) is 53.4 Å². The van der Waals surface area contributed by atoms with Crippen LogP contribution in [0.4, 0.5) is 0 Å². The first-order valence-electron chi connectivity index (χ1n) is 10.1. The van der Waals surface area contributed by atoms with Crippen LogP contribution in [0, 0.1) is 27.7 Å². The lowest BCUT2D eigenvalue weighted by atomic mass is 10.2. The lowest BCUT2D eigenvalue weighted by Crippen LogP contribution is -2.31. The van der Waals surface area contributed by atoms with E-state index in [0.29, 0.717) is 12.1 Å². The molecule has 0 radical (unpaired) electrons. The van der Waals surface area contributed by atoms with Crippen molar-refractivity contribution in [3.05, 3.63) is 76.6 Å². The summed E-state index contributed by atoms with van der Waals surface area (Å²) < 4.78 is 29.5. The van der Waals surface area contributed by atoms with Gasteiger partial charge in [0.05, 0.1) is 16.3 Å². The number of aromatic nitrogens is 2. The second-order valence-corrected chi connectivity index (χ2v) is 9.33. The molecule has 0 spiro atoms. The highest BCUT2D eigenvalue weighted by atomic mass is 32.2. The molecule has 3 aromatic rings. The molecule has 3 rings (SSSR count). The Morgan fingerprint density at radius 3 is 2.45 bits per heavy atom. The van der Waals surface area contributed by atoms with Crippen LogP contribution in [0.2, 0.25) is 0 Å². The number of rotatable bonds is 8. The van der Waals surface area contributed by atoms with Crippen molar-refractivity contribution in [2.75, 3.05) is 6.54 Å². The summed E-state index contributed by atoms with van der Waals surface area (Å²) in [5.74, 6) is -0.227. The van der Waals surface area contributed by atoms with Gasteiger partial charge >= 0.3 is 0 Å². The summed E-state index contributed by atoms with van der Waals surface area (Å²) >= 11 is 0. The summed E-state index contributed by atoms with van der Waals surface area (Å²) in [6.07, 6.45) is 0.0506. The summed E-state index contributed by atoms with van der Waals surface area (Å²) in [7, 11) is -3.66. The van der Waals surface area contributed by atoms with Crippen molar-refractivity contribution in [3.63, 3.8) is 0 Å². The molecule has 0 aliphatic heterocycles. The first-order chi connectivity index (χ1) is 14.7. The zero-order valence-corrected chi connectivity index (χ0v) is 19.1. The Morgan fingerprint density at radius 2 is 1.74 bits per heavy atom. The third-order valence-electron chi connectivity index (χ3n) is 5.18. The minimum atomic E-state index is -3.66. The molecule has 8 heteroatoms. The first kappa shape index (κ1) is 22.7. The number of hydrogen-bond donors (Lipinski definition) is 2. The summed E-state index contributed by atoms with van der Waals surface area (Å²) in [6, 6.07) is 15.1. The van der Waals surface area contributed by atoms with Crippen molar-refractivity contribution >= 4 is 15.9 Å². The average molecular weight is 441 g/mol. The number of amides is 1. The summed E-state index contributed by atoms with van der Waals surface area (Å²) in [4.78, 5) is 12.5. The zero-order chi connectivity index (χ0) is 22.6. The highest BCUT2D eigenvalue weighted by Gasteiger charge is 2.18. The van der Waals surface area contributed by atoms with E-state index in [1.54, 1.807) is 19.1 Å². The number of para-hydroxylation sites is 1. The molecular weight excluding hydrogens is 412 g/mol. The molecule has 1 amide bonds. The molecular formula is C23H28N4O3S. The molecule has 164 valence electrons. The van der Waals surface area contributed by atoms with Gasteiger partial charge in [-0.15, -0.1) is 0 Å². The maximum absolute atomic E-state index is 12.5. The van der Waals surface area contributed by atoms with Crippen LogP contribution in [0.3, 0.4) is 0 Å². The van der Waals surface area contributed by atoms with Crippen LogP contribution in [0.25, 0.3) is 5.69 Å². The molecule has 0 saturated heterocycles. The van der Waals surface area contributed by atoms with E-state index in [-0.39, 0.29) is 23.8 Å². The number of nitrogens with one attached hydrogen (secondary N) is 2. The van der Waals surface area contributed by atoms with E-state index in [2.05, 4.69) is 15.1 Å². The molecule has 0 unspecified atom stereocenters. The minimum absolute atomic E-state index is 0.0305. The molecule has 2 aromatic carbocycles. The highest BCUT2D eigenvalue weighted by Crippen LogP contribution is 2.18. The molecule has 0 aliphatic carbocycles. The van der Waals surface area contributed by atoms with E-state index in [0.717, 1.165) is 28.2 Å². The maximum Gasteiger partial charge on any atom is 0.240 e. The van der Waals surface area contributed by atoms with Crippen LogP contribution < -0.4 is 10.0 Å². The van der Waals surface area contributed by atoms with Gasteiger partial charge in [0.2, 0.25) is 15.9 Å². The number of benzene rings is 2. The Kier molecular flexibility index (Phi) is 6.92. The SMILES string of the molecule is Cc1ccc(C)c(S(=O)(=O)NCCC(=O)NCc2c(C)nn(-c3ccccc3)c2C)c1. The Bertz CT molecular complexity index is 1190. The highest BCUT2D eigenvalue weighted by molar-refractivity contribution is 7.89. The lowest BCUT2D eigenvalue weighted by Gasteiger charge is -2.10. The Morgan fingerprint density at radius 1 is 1.03 bits per heavy atom. The van der Waals surface area contributed by atoms with Gasteiger partial charge in [0.15, 0.2) is 0 Å². The predicted octanol–water partition coefficient (Wildman–Crippen LogP) is 3.09. The average Bonchev–Trinajstić information content (AvgIpc) is 3.02. The summed E-state index contributed by atoms with van der Waals surface area (Å²) in [6.45, 7) is 7.84. The molecule has 0 fully saturated rings. The van der Waals surface area contributed by atoms with Crippen molar-refractivity contribution < 1.29 is 13.2 Å². The van der Waals surface area contributed by atoms with Gasteiger partial charge in [0.25, 0.3) is 0 Å². The van der Waals surface area contributed by atoms with E-state index >= 15 is 0 Å². The van der Waals surface area contributed by atoms with Crippen molar-refractivity contribution in [2.45, 2.75) is 45.6 Å².